The highest BCUT2D eigenvalue weighted by molar-refractivity contribution is 7.89. The number of hydrogen-bond acceptors (Lipinski definition) is 4. The van der Waals surface area contributed by atoms with Gasteiger partial charge in [0.05, 0.1) is 4.90 Å². The number of carbonyl (C=O) groups excluding carboxylic acids is 1. The third-order valence-corrected chi connectivity index (χ3v) is 4.70. The van der Waals surface area contributed by atoms with Gasteiger partial charge in [0.15, 0.2) is 0 Å². The molecule has 0 spiro atoms. The van der Waals surface area contributed by atoms with Gasteiger partial charge in [-0.2, -0.15) is 0 Å². The van der Waals surface area contributed by atoms with Crippen molar-refractivity contribution in [1.82, 2.24) is 15.4 Å². The van der Waals surface area contributed by atoms with E-state index in [1.807, 2.05) is 6.92 Å². The van der Waals surface area contributed by atoms with E-state index in [1.165, 1.54) is 24.3 Å². The van der Waals surface area contributed by atoms with Gasteiger partial charge in [-0.15, -0.1) is 12.4 Å². The van der Waals surface area contributed by atoms with E-state index in [9.17, 15) is 13.2 Å². The zero-order valence-corrected chi connectivity index (χ0v) is 14.1. The maximum atomic E-state index is 12.0. The molecule has 6 nitrogen and oxygen atoms in total. The summed E-state index contributed by atoms with van der Waals surface area (Å²) in [6.45, 7) is 4.10. The first kappa shape index (κ1) is 18.9. The minimum atomic E-state index is -3.46. The van der Waals surface area contributed by atoms with E-state index < -0.39 is 10.0 Å². The largest absolute Gasteiger partial charge is 0.351 e. The second kappa shape index (κ2) is 8.47. The van der Waals surface area contributed by atoms with E-state index in [-0.39, 0.29) is 29.3 Å². The summed E-state index contributed by atoms with van der Waals surface area (Å²) in [6, 6.07) is 6.06. The van der Waals surface area contributed by atoms with Crippen LogP contribution in [0.15, 0.2) is 29.2 Å². The van der Waals surface area contributed by atoms with Crippen LogP contribution < -0.4 is 15.4 Å². The Morgan fingerprint density at radius 3 is 2.36 bits per heavy atom. The van der Waals surface area contributed by atoms with Crippen molar-refractivity contribution < 1.29 is 13.2 Å². The monoisotopic (exact) mass is 347 g/mol. The highest BCUT2D eigenvalue weighted by atomic mass is 35.5. The quantitative estimate of drug-likeness (QED) is 0.609. The maximum Gasteiger partial charge on any atom is 0.251 e. The van der Waals surface area contributed by atoms with E-state index in [4.69, 9.17) is 0 Å². The number of carbonyl (C=O) groups is 1. The zero-order chi connectivity index (χ0) is 15.3. The molecule has 1 aliphatic rings. The lowest BCUT2D eigenvalue weighted by Gasteiger charge is -2.08. The van der Waals surface area contributed by atoms with E-state index in [2.05, 4.69) is 15.4 Å². The summed E-state index contributed by atoms with van der Waals surface area (Å²) >= 11 is 0. The summed E-state index contributed by atoms with van der Waals surface area (Å²) in [7, 11) is -3.46. The Morgan fingerprint density at radius 1 is 1.18 bits per heavy atom. The molecule has 3 N–H and O–H groups in total. The molecule has 0 unspecified atom stereocenters. The van der Waals surface area contributed by atoms with Crippen molar-refractivity contribution in [2.75, 3.05) is 19.6 Å². The summed E-state index contributed by atoms with van der Waals surface area (Å²) in [5.74, 6) is -0.202. The Morgan fingerprint density at radius 2 is 1.82 bits per heavy atom. The number of halogens is 1. The molecule has 0 aromatic heterocycles. The van der Waals surface area contributed by atoms with Gasteiger partial charge in [0, 0.05) is 24.7 Å². The molecule has 0 atom stereocenters. The number of amides is 1. The Labute approximate surface area is 137 Å². The molecule has 0 radical (unpaired) electrons. The van der Waals surface area contributed by atoms with E-state index >= 15 is 0 Å². The summed E-state index contributed by atoms with van der Waals surface area (Å²) in [5.41, 5.74) is 0.455. The molecular weight excluding hydrogens is 326 g/mol. The predicted octanol–water partition coefficient (Wildman–Crippen LogP) is 0.888. The van der Waals surface area contributed by atoms with Crippen molar-refractivity contribution in [3.63, 3.8) is 0 Å². The molecule has 0 aliphatic heterocycles. The van der Waals surface area contributed by atoms with Crippen LogP contribution in [0.2, 0.25) is 0 Å². The number of benzene rings is 1. The van der Waals surface area contributed by atoms with Gasteiger partial charge in [-0.05, 0) is 43.7 Å². The zero-order valence-electron chi connectivity index (χ0n) is 12.5. The van der Waals surface area contributed by atoms with E-state index in [1.54, 1.807) is 0 Å². The van der Waals surface area contributed by atoms with Crippen molar-refractivity contribution in [3.05, 3.63) is 29.8 Å². The topological polar surface area (TPSA) is 87.3 Å². The molecule has 0 saturated heterocycles. The van der Waals surface area contributed by atoms with Crippen molar-refractivity contribution >= 4 is 28.3 Å². The van der Waals surface area contributed by atoms with Gasteiger partial charge in [0.25, 0.3) is 5.91 Å². The molecule has 1 aromatic carbocycles. The van der Waals surface area contributed by atoms with Crippen LogP contribution >= 0.6 is 12.4 Å². The van der Waals surface area contributed by atoms with Gasteiger partial charge in [-0.25, -0.2) is 13.1 Å². The molecule has 2 rings (SSSR count). The summed E-state index contributed by atoms with van der Waals surface area (Å²) in [6.07, 6.45) is 1.79. The minimum absolute atomic E-state index is 0. The Balaban J connectivity index is 0.00000242. The predicted molar refractivity (Wildman–Crippen MR) is 87.9 cm³/mol. The Hall–Kier alpha value is -1.15. The van der Waals surface area contributed by atoms with Gasteiger partial charge >= 0.3 is 0 Å². The Kier molecular flexibility index (Phi) is 7.28. The number of nitrogens with one attached hydrogen (secondary N) is 3. The van der Waals surface area contributed by atoms with E-state index in [0.717, 1.165) is 19.4 Å². The SMILES string of the molecule is CCNCCNC(=O)c1ccc(S(=O)(=O)NC2CC2)cc1.Cl. The van der Waals surface area contributed by atoms with Crippen LogP contribution in [-0.2, 0) is 10.0 Å². The lowest BCUT2D eigenvalue weighted by Crippen LogP contribution is -2.31. The third-order valence-electron chi connectivity index (χ3n) is 3.16. The first-order chi connectivity index (χ1) is 10.0. The number of likely N-dealkylation sites (N-methyl/N-ethyl adjacent to an activating group) is 1. The second-order valence-corrected chi connectivity index (χ2v) is 6.74. The van der Waals surface area contributed by atoms with Crippen LogP contribution in [-0.4, -0.2) is 40.0 Å². The second-order valence-electron chi connectivity index (χ2n) is 5.03. The lowest BCUT2D eigenvalue weighted by molar-refractivity contribution is 0.0954. The fourth-order valence-corrected chi connectivity index (χ4v) is 3.12. The van der Waals surface area contributed by atoms with E-state index in [0.29, 0.717) is 18.7 Å². The fraction of sp³-hybridized carbons (Fsp3) is 0.500. The average Bonchev–Trinajstić information content (AvgIpc) is 3.27. The first-order valence-corrected chi connectivity index (χ1v) is 8.62. The molecule has 0 bridgehead atoms. The minimum Gasteiger partial charge on any atom is -0.351 e. The summed E-state index contributed by atoms with van der Waals surface area (Å²) in [4.78, 5) is 12.0. The summed E-state index contributed by atoms with van der Waals surface area (Å²) < 4.78 is 26.6. The molecular formula is C14H22ClN3O3S. The standard InChI is InChI=1S/C14H21N3O3S.ClH/c1-2-15-9-10-16-14(18)11-3-7-13(8-4-11)21(19,20)17-12-5-6-12;/h3-4,7-8,12,15,17H,2,5-6,9-10H2,1H3,(H,16,18);1H. The molecule has 124 valence electrons. The molecule has 22 heavy (non-hydrogen) atoms. The fourth-order valence-electron chi connectivity index (χ4n) is 1.82. The van der Waals surface area contributed by atoms with Crippen molar-refractivity contribution in [1.29, 1.82) is 0 Å². The molecule has 1 aliphatic carbocycles. The van der Waals surface area contributed by atoms with Crippen LogP contribution in [0.25, 0.3) is 0 Å². The number of rotatable bonds is 8. The molecule has 1 saturated carbocycles. The smallest absolute Gasteiger partial charge is 0.251 e. The van der Waals surface area contributed by atoms with Crippen LogP contribution in [0.5, 0.6) is 0 Å². The molecule has 1 amide bonds. The van der Waals surface area contributed by atoms with Gasteiger partial charge in [0.1, 0.15) is 0 Å². The van der Waals surface area contributed by atoms with Crippen LogP contribution in [0.4, 0.5) is 0 Å². The highest BCUT2D eigenvalue weighted by Gasteiger charge is 2.27. The van der Waals surface area contributed by atoms with Crippen molar-refractivity contribution in [2.24, 2.45) is 0 Å². The van der Waals surface area contributed by atoms with Crippen LogP contribution in [0.1, 0.15) is 30.1 Å². The van der Waals surface area contributed by atoms with Gasteiger partial charge < -0.3 is 10.6 Å². The van der Waals surface area contributed by atoms with Gasteiger partial charge in [0.2, 0.25) is 10.0 Å². The van der Waals surface area contributed by atoms with Crippen molar-refractivity contribution in [2.45, 2.75) is 30.7 Å². The molecule has 0 heterocycles. The third kappa shape index (κ3) is 5.57. The maximum absolute atomic E-state index is 12.0. The van der Waals surface area contributed by atoms with Gasteiger partial charge in [-0.1, -0.05) is 6.92 Å². The lowest BCUT2D eigenvalue weighted by atomic mass is 10.2. The number of sulfonamides is 1. The molecule has 1 aromatic rings. The van der Waals surface area contributed by atoms with Crippen LogP contribution in [0.3, 0.4) is 0 Å². The number of hydrogen-bond donors (Lipinski definition) is 3. The molecule has 1 fully saturated rings. The van der Waals surface area contributed by atoms with Gasteiger partial charge in [-0.3, -0.25) is 4.79 Å². The first-order valence-electron chi connectivity index (χ1n) is 7.14. The average molecular weight is 348 g/mol. The van der Waals surface area contributed by atoms with Crippen molar-refractivity contribution in [3.8, 4) is 0 Å². The van der Waals surface area contributed by atoms with Crippen LogP contribution in [0, 0.1) is 0 Å². The highest BCUT2D eigenvalue weighted by Crippen LogP contribution is 2.22. The Bertz CT molecular complexity index is 586. The summed E-state index contributed by atoms with van der Waals surface area (Å²) in [5, 5.41) is 5.87. The normalized spacial score (nSPS) is 14.2. The molecule has 8 heteroatoms.